The van der Waals surface area contributed by atoms with Crippen LogP contribution in [-0.4, -0.2) is 35.0 Å². The summed E-state index contributed by atoms with van der Waals surface area (Å²) in [5, 5.41) is 7.01. The first-order valence-electron chi connectivity index (χ1n) is 8.82. The first kappa shape index (κ1) is 17.5. The van der Waals surface area contributed by atoms with Gasteiger partial charge in [0.1, 0.15) is 12.4 Å². The number of ether oxygens (including phenoxy) is 2. The minimum atomic E-state index is -0.00882. The summed E-state index contributed by atoms with van der Waals surface area (Å²) in [4.78, 5) is 12.0. The van der Waals surface area contributed by atoms with Crippen LogP contribution in [0.4, 0.5) is 5.69 Å². The van der Waals surface area contributed by atoms with Crippen molar-refractivity contribution in [2.75, 3.05) is 18.5 Å². The van der Waals surface area contributed by atoms with Gasteiger partial charge in [-0.25, -0.2) is 0 Å². The molecule has 0 bridgehead atoms. The molecule has 1 amide bonds. The number of carbonyl (C=O) groups is 1. The van der Waals surface area contributed by atoms with Crippen molar-refractivity contribution in [3.05, 3.63) is 42.2 Å². The fraction of sp³-hybridized carbons (Fsp3) is 0.474. The van der Waals surface area contributed by atoms with E-state index < -0.39 is 0 Å². The zero-order valence-electron chi connectivity index (χ0n) is 14.6. The van der Waals surface area contributed by atoms with Crippen molar-refractivity contribution >= 4 is 11.6 Å². The number of aromatic nitrogens is 2. The maximum absolute atomic E-state index is 12.0. The SMILES string of the molecule is Cn1nccc1CCC(=O)Nc1ccc(OCC2CCCCO2)cc1. The molecule has 1 aromatic carbocycles. The summed E-state index contributed by atoms with van der Waals surface area (Å²) in [7, 11) is 1.88. The van der Waals surface area contributed by atoms with Crippen molar-refractivity contribution < 1.29 is 14.3 Å². The van der Waals surface area contributed by atoms with Crippen LogP contribution in [0.5, 0.6) is 5.75 Å². The topological polar surface area (TPSA) is 65.4 Å². The van der Waals surface area contributed by atoms with E-state index in [-0.39, 0.29) is 12.0 Å². The molecule has 1 aliphatic rings. The minimum absolute atomic E-state index is 0.00882. The van der Waals surface area contributed by atoms with E-state index in [0.717, 1.165) is 36.6 Å². The van der Waals surface area contributed by atoms with Crippen molar-refractivity contribution in [3.63, 3.8) is 0 Å². The van der Waals surface area contributed by atoms with Crippen LogP contribution in [0.3, 0.4) is 0 Å². The summed E-state index contributed by atoms with van der Waals surface area (Å²) in [5.41, 5.74) is 1.82. The van der Waals surface area contributed by atoms with Gasteiger partial charge in [0.2, 0.25) is 5.91 Å². The highest BCUT2D eigenvalue weighted by molar-refractivity contribution is 5.90. The van der Waals surface area contributed by atoms with Gasteiger partial charge in [-0.2, -0.15) is 5.10 Å². The molecule has 3 rings (SSSR count). The zero-order chi connectivity index (χ0) is 17.5. The Labute approximate surface area is 148 Å². The molecule has 1 aliphatic heterocycles. The first-order chi connectivity index (χ1) is 12.2. The van der Waals surface area contributed by atoms with Gasteiger partial charge in [-0.05, 0) is 56.0 Å². The molecule has 1 atom stereocenters. The normalized spacial score (nSPS) is 17.2. The molecule has 0 spiro atoms. The maximum atomic E-state index is 12.0. The summed E-state index contributed by atoms with van der Waals surface area (Å²) >= 11 is 0. The minimum Gasteiger partial charge on any atom is -0.491 e. The van der Waals surface area contributed by atoms with E-state index in [1.807, 2.05) is 37.4 Å². The third-order valence-electron chi connectivity index (χ3n) is 4.38. The average Bonchev–Trinajstić information content (AvgIpc) is 3.05. The van der Waals surface area contributed by atoms with Gasteiger partial charge in [0.05, 0.1) is 6.10 Å². The molecular weight excluding hydrogens is 318 g/mol. The van der Waals surface area contributed by atoms with Crippen molar-refractivity contribution in [2.24, 2.45) is 7.05 Å². The monoisotopic (exact) mass is 343 g/mol. The number of anilines is 1. The van der Waals surface area contributed by atoms with E-state index in [4.69, 9.17) is 9.47 Å². The van der Waals surface area contributed by atoms with Gasteiger partial charge in [-0.3, -0.25) is 9.48 Å². The number of rotatable bonds is 7. The second-order valence-electron chi connectivity index (χ2n) is 6.32. The first-order valence-corrected chi connectivity index (χ1v) is 8.82. The quantitative estimate of drug-likeness (QED) is 0.839. The van der Waals surface area contributed by atoms with Crippen molar-refractivity contribution in [1.82, 2.24) is 9.78 Å². The lowest BCUT2D eigenvalue weighted by Crippen LogP contribution is -2.25. The molecule has 0 aliphatic carbocycles. The second kappa shape index (κ2) is 8.67. The molecule has 1 saturated heterocycles. The smallest absolute Gasteiger partial charge is 0.224 e. The molecule has 2 heterocycles. The van der Waals surface area contributed by atoms with Crippen LogP contribution in [0.15, 0.2) is 36.5 Å². The van der Waals surface area contributed by atoms with Crippen molar-refractivity contribution in [1.29, 1.82) is 0 Å². The molecule has 1 aromatic heterocycles. The number of amides is 1. The van der Waals surface area contributed by atoms with E-state index in [9.17, 15) is 4.79 Å². The predicted octanol–water partition coefficient (Wildman–Crippen LogP) is 2.94. The highest BCUT2D eigenvalue weighted by Gasteiger charge is 2.14. The number of aryl methyl sites for hydroxylation is 2. The standard InChI is InChI=1S/C19H25N3O3/c1-22-16(11-12-20-22)7-10-19(23)21-15-5-8-17(9-6-15)25-14-18-4-2-3-13-24-18/h5-6,8-9,11-12,18H,2-4,7,10,13-14H2,1H3,(H,21,23). The number of carbonyl (C=O) groups excluding carboxylic acids is 1. The Morgan fingerprint density at radius 3 is 2.84 bits per heavy atom. The van der Waals surface area contributed by atoms with Crippen molar-refractivity contribution in [3.8, 4) is 5.75 Å². The predicted molar refractivity (Wildman–Crippen MR) is 95.7 cm³/mol. The molecule has 25 heavy (non-hydrogen) atoms. The van der Waals surface area contributed by atoms with E-state index in [1.165, 1.54) is 6.42 Å². The van der Waals surface area contributed by atoms with Gasteiger partial charge in [-0.15, -0.1) is 0 Å². The summed E-state index contributed by atoms with van der Waals surface area (Å²) in [6.45, 7) is 1.41. The fourth-order valence-electron chi connectivity index (χ4n) is 2.87. The summed E-state index contributed by atoms with van der Waals surface area (Å²) in [6.07, 6.45) is 6.44. The Kier molecular flexibility index (Phi) is 6.06. The molecule has 2 aromatic rings. The van der Waals surface area contributed by atoms with Gasteiger partial charge < -0.3 is 14.8 Å². The Hall–Kier alpha value is -2.34. The number of hydrogen-bond donors (Lipinski definition) is 1. The molecule has 0 saturated carbocycles. The Balaban J connectivity index is 1.42. The van der Waals surface area contributed by atoms with E-state index in [1.54, 1.807) is 10.9 Å². The van der Waals surface area contributed by atoms with Gasteiger partial charge in [0.15, 0.2) is 0 Å². The molecule has 1 N–H and O–H groups in total. The molecule has 134 valence electrons. The highest BCUT2D eigenvalue weighted by Crippen LogP contribution is 2.18. The molecule has 6 heteroatoms. The van der Waals surface area contributed by atoms with E-state index in [2.05, 4.69) is 10.4 Å². The summed E-state index contributed by atoms with van der Waals surface area (Å²) in [5.74, 6) is 0.785. The largest absolute Gasteiger partial charge is 0.491 e. The maximum Gasteiger partial charge on any atom is 0.224 e. The van der Waals surface area contributed by atoms with Crippen LogP contribution in [0.2, 0.25) is 0 Å². The molecule has 0 radical (unpaired) electrons. The van der Waals surface area contributed by atoms with Gasteiger partial charge in [-0.1, -0.05) is 0 Å². The average molecular weight is 343 g/mol. The molecule has 6 nitrogen and oxygen atoms in total. The van der Waals surface area contributed by atoms with Gasteiger partial charge >= 0.3 is 0 Å². The van der Waals surface area contributed by atoms with E-state index in [0.29, 0.717) is 19.4 Å². The van der Waals surface area contributed by atoms with Crippen LogP contribution in [0.1, 0.15) is 31.4 Å². The van der Waals surface area contributed by atoms with Gasteiger partial charge in [0, 0.05) is 37.7 Å². The third-order valence-corrected chi connectivity index (χ3v) is 4.38. The Bertz CT molecular complexity index is 675. The van der Waals surface area contributed by atoms with Crippen LogP contribution in [0.25, 0.3) is 0 Å². The zero-order valence-corrected chi connectivity index (χ0v) is 14.6. The Morgan fingerprint density at radius 2 is 2.16 bits per heavy atom. The van der Waals surface area contributed by atoms with Crippen molar-refractivity contribution in [2.45, 2.75) is 38.2 Å². The number of hydrogen-bond acceptors (Lipinski definition) is 4. The highest BCUT2D eigenvalue weighted by atomic mass is 16.5. The summed E-state index contributed by atoms with van der Waals surface area (Å²) < 4.78 is 13.2. The lowest BCUT2D eigenvalue weighted by atomic mass is 10.1. The fourth-order valence-corrected chi connectivity index (χ4v) is 2.87. The number of nitrogens with zero attached hydrogens (tertiary/aromatic N) is 2. The lowest BCUT2D eigenvalue weighted by molar-refractivity contribution is -0.116. The Morgan fingerprint density at radius 1 is 1.32 bits per heavy atom. The van der Waals surface area contributed by atoms with Crippen LogP contribution in [-0.2, 0) is 23.0 Å². The number of benzene rings is 1. The van der Waals surface area contributed by atoms with Gasteiger partial charge in [0.25, 0.3) is 0 Å². The lowest BCUT2D eigenvalue weighted by Gasteiger charge is -2.22. The van der Waals surface area contributed by atoms with Crippen LogP contribution < -0.4 is 10.1 Å². The number of nitrogens with one attached hydrogen (secondary N) is 1. The molecule has 1 fully saturated rings. The van der Waals surface area contributed by atoms with Crippen LogP contribution in [0, 0.1) is 0 Å². The second-order valence-corrected chi connectivity index (χ2v) is 6.32. The molecule has 1 unspecified atom stereocenters. The van der Waals surface area contributed by atoms with E-state index >= 15 is 0 Å². The molecular formula is C19H25N3O3. The van der Waals surface area contributed by atoms with Crippen LogP contribution >= 0.6 is 0 Å². The summed E-state index contributed by atoms with van der Waals surface area (Å²) in [6, 6.07) is 9.40. The third kappa shape index (κ3) is 5.32.